The highest BCUT2D eigenvalue weighted by Crippen LogP contribution is 2.58. The molecule has 6 rings (SSSR count). The predicted octanol–water partition coefficient (Wildman–Crippen LogP) is 3.85. The van der Waals surface area contributed by atoms with Gasteiger partial charge in [-0.1, -0.05) is 0 Å². The molecule has 5 heterocycles. The average Bonchev–Trinajstić information content (AvgIpc) is 3.89. The lowest BCUT2D eigenvalue weighted by atomic mass is 9.64. The molecule has 5 saturated heterocycles. The van der Waals surface area contributed by atoms with Crippen molar-refractivity contribution in [2.75, 3.05) is 52.9 Å². The summed E-state index contributed by atoms with van der Waals surface area (Å²) in [4.78, 5) is 54.3. The highest BCUT2D eigenvalue weighted by molar-refractivity contribution is 5.85. The van der Waals surface area contributed by atoms with Crippen LogP contribution >= 0.6 is 0 Å². The highest BCUT2D eigenvalue weighted by atomic mass is 16.6. The number of epoxide rings is 5. The van der Waals surface area contributed by atoms with E-state index in [2.05, 4.69) is 0 Å². The standard InChI is InChI=1S/C37H56O13/c1-37-32(36(41)45-17-9-5-13-27-23-49-27)30(35(40)44-16-8-4-12-26-22-48-26)18-28(33(37)50-37)29(34(39)43-15-7-3-11-25-21-47-25)19-31(38)42-14-6-2-10-24-20-46-24/h24-30,32-33H,2-23H2,1H3. The molecule has 0 aromatic rings. The Bertz CT molecular complexity index is 1150. The van der Waals surface area contributed by atoms with E-state index in [0.29, 0.717) is 50.1 Å². The van der Waals surface area contributed by atoms with E-state index in [4.69, 9.17) is 42.6 Å². The maximum atomic E-state index is 13.8. The molecule has 1 saturated carbocycles. The van der Waals surface area contributed by atoms with Crippen molar-refractivity contribution in [2.24, 2.45) is 23.7 Å². The first-order valence-electron chi connectivity index (χ1n) is 19.1. The van der Waals surface area contributed by atoms with Crippen molar-refractivity contribution in [1.29, 1.82) is 0 Å². The molecule has 10 unspecified atom stereocenters. The summed E-state index contributed by atoms with van der Waals surface area (Å²) >= 11 is 0. The molecule has 6 fully saturated rings. The molecule has 5 aliphatic heterocycles. The van der Waals surface area contributed by atoms with E-state index in [-0.39, 0.29) is 39.3 Å². The lowest BCUT2D eigenvalue weighted by Crippen LogP contribution is -2.50. The van der Waals surface area contributed by atoms with E-state index in [9.17, 15) is 19.2 Å². The first-order chi connectivity index (χ1) is 24.3. The quantitative estimate of drug-likeness (QED) is 0.0551. The Labute approximate surface area is 295 Å². The second kappa shape index (κ2) is 17.9. The minimum Gasteiger partial charge on any atom is -0.466 e. The van der Waals surface area contributed by atoms with E-state index in [1.807, 2.05) is 0 Å². The van der Waals surface area contributed by atoms with Crippen molar-refractivity contribution in [1.82, 2.24) is 0 Å². The molecule has 0 amide bonds. The smallest absolute Gasteiger partial charge is 0.312 e. The lowest BCUT2D eigenvalue weighted by molar-refractivity contribution is -0.167. The molecule has 6 aliphatic rings. The molecule has 282 valence electrons. The molecule has 0 spiro atoms. The number of fused-ring (bicyclic) bond motifs is 1. The molecule has 0 N–H and O–H groups in total. The number of carbonyl (C=O) groups excluding carboxylic acids is 4. The van der Waals surface area contributed by atoms with Gasteiger partial charge in [0.25, 0.3) is 0 Å². The summed E-state index contributed by atoms with van der Waals surface area (Å²) in [6.07, 6.45) is 10.6. The van der Waals surface area contributed by atoms with Crippen LogP contribution in [-0.2, 0) is 61.8 Å². The van der Waals surface area contributed by atoms with Crippen molar-refractivity contribution >= 4 is 23.9 Å². The van der Waals surface area contributed by atoms with E-state index in [1.54, 1.807) is 6.92 Å². The van der Waals surface area contributed by atoms with Crippen molar-refractivity contribution in [3.8, 4) is 0 Å². The monoisotopic (exact) mass is 708 g/mol. The third-order valence-corrected chi connectivity index (χ3v) is 10.9. The van der Waals surface area contributed by atoms with Gasteiger partial charge >= 0.3 is 23.9 Å². The lowest BCUT2D eigenvalue weighted by Gasteiger charge is -2.36. The number of ether oxygens (including phenoxy) is 9. The number of esters is 4. The molecule has 1 aliphatic carbocycles. The van der Waals surface area contributed by atoms with Crippen molar-refractivity contribution in [2.45, 2.75) is 133 Å². The minimum absolute atomic E-state index is 0.126. The minimum atomic E-state index is -1.05. The van der Waals surface area contributed by atoms with Gasteiger partial charge in [-0.15, -0.1) is 0 Å². The summed E-state index contributed by atoms with van der Waals surface area (Å²) < 4.78 is 50.1. The zero-order valence-corrected chi connectivity index (χ0v) is 29.6. The zero-order chi connectivity index (χ0) is 34.9. The van der Waals surface area contributed by atoms with Crippen LogP contribution < -0.4 is 0 Å². The molecule has 0 radical (unpaired) electrons. The third-order valence-electron chi connectivity index (χ3n) is 10.9. The van der Waals surface area contributed by atoms with Gasteiger partial charge < -0.3 is 42.6 Å². The van der Waals surface area contributed by atoms with Crippen LogP contribution in [0, 0.1) is 23.7 Å². The summed E-state index contributed by atoms with van der Waals surface area (Å²) in [5, 5.41) is 0. The molecule has 0 aromatic heterocycles. The Hall–Kier alpha value is -2.32. The van der Waals surface area contributed by atoms with Crippen LogP contribution in [0.3, 0.4) is 0 Å². The third kappa shape index (κ3) is 11.6. The van der Waals surface area contributed by atoms with Gasteiger partial charge in [-0.3, -0.25) is 19.2 Å². The Balaban J connectivity index is 1.09. The largest absolute Gasteiger partial charge is 0.466 e. The average molecular weight is 709 g/mol. The van der Waals surface area contributed by atoms with Crippen molar-refractivity contribution < 1.29 is 61.8 Å². The van der Waals surface area contributed by atoms with Crippen LogP contribution in [0.25, 0.3) is 0 Å². The Morgan fingerprint density at radius 3 is 1.54 bits per heavy atom. The number of hydrogen-bond donors (Lipinski definition) is 0. The molecular weight excluding hydrogens is 652 g/mol. The van der Waals surface area contributed by atoms with Crippen LogP contribution in [-0.4, -0.2) is 113 Å². The Morgan fingerprint density at radius 2 is 1.06 bits per heavy atom. The normalized spacial score (nSPS) is 33.4. The summed E-state index contributed by atoms with van der Waals surface area (Å²) in [6, 6.07) is 0. The summed E-state index contributed by atoms with van der Waals surface area (Å²) in [7, 11) is 0. The van der Waals surface area contributed by atoms with Gasteiger partial charge in [0.15, 0.2) is 0 Å². The molecule has 50 heavy (non-hydrogen) atoms. The maximum Gasteiger partial charge on any atom is 0.312 e. The highest BCUT2D eigenvalue weighted by Gasteiger charge is 2.71. The molecule has 10 atom stereocenters. The maximum absolute atomic E-state index is 13.8. The van der Waals surface area contributed by atoms with Crippen LogP contribution in [0.5, 0.6) is 0 Å². The topological polar surface area (TPSA) is 168 Å². The summed E-state index contributed by atoms with van der Waals surface area (Å²) in [6.45, 7) is 5.86. The number of hydrogen-bond acceptors (Lipinski definition) is 13. The van der Waals surface area contributed by atoms with E-state index in [1.165, 1.54) is 0 Å². The Morgan fingerprint density at radius 1 is 0.620 bits per heavy atom. The second-order valence-corrected chi connectivity index (χ2v) is 15.0. The van der Waals surface area contributed by atoms with E-state index in [0.717, 1.165) is 77.8 Å². The summed E-state index contributed by atoms with van der Waals surface area (Å²) in [5.41, 5.74) is -1.05. The Kier molecular flexibility index (Phi) is 13.4. The SMILES string of the molecule is CC12OC1C(C(CC(=O)OCCCCC1CO1)C(=O)OCCCCC1CO1)CC(C(=O)OCCCCC1CO1)C2C(=O)OCCCCC1CO1. The van der Waals surface area contributed by atoms with Gasteiger partial charge in [-0.25, -0.2) is 0 Å². The molecule has 0 aromatic carbocycles. The molecule has 13 nitrogen and oxygen atoms in total. The van der Waals surface area contributed by atoms with Gasteiger partial charge in [-0.05, 0) is 90.4 Å². The predicted molar refractivity (Wildman–Crippen MR) is 175 cm³/mol. The van der Waals surface area contributed by atoms with Crippen LogP contribution in [0.2, 0.25) is 0 Å². The number of carbonyl (C=O) groups is 4. The van der Waals surface area contributed by atoms with Gasteiger partial charge in [0.1, 0.15) is 11.5 Å². The fraction of sp³-hybridized carbons (Fsp3) is 0.892. The molecular formula is C37H56O13. The van der Waals surface area contributed by atoms with E-state index < -0.39 is 59.3 Å². The number of rotatable bonds is 26. The van der Waals surface area contributed by atoms with Crippen molar-refractivity contribution in [3.05, 3.63) is 0 Å². The van der Waals surface area contributed by atoms with Gasteiger partial charge in [-0.2, -0.15) is 0 Å². The van der Waals surface area contributed by atoms with Gasteiger partial charge in [0.05, 0.1) is 102 Å². The second-order valence-electron chi connectivity index (χ2n) is 15.0. The molecule has 0 bridgehead atoms. The van der Waals surface area contributed by atoms with Gasteiger partial charge in [0, 0.05) is 5.92 Å². The van der Waals surface area contributed by atoms with Crippen molar-refractivity contribution in [3.63, 3.8) is 0 Å². The fourth-order valence-corrected chi connectivity index (χ4v) is 7.45. The van der Waals surface area contributed by atoms with Gasteiger partial charge in [0.2, 0.25) is 0 Å². The number of unbranched alkanes of at least 4 members (excludes halogenated alkanes) is 4. The first kappa shape index (κ1) is 37.4. The zero-order valence-electron chi connectivity index (χ0n) is 29.6. The van der Waals surface area contributed by atoms with Crippen LogP contribution in [0.1, 0.15) is 96.8 Å². The van der Waals surface area contributed by atoms with Crippen LogP contribution in [0.4, 0.5) is 0 Å². The first-order valence-corrected chi connectivity index (χ1v) is 19.1. The fourth-order valence-electron chi connectivity index (χ4n) is 7.45. The summed E-state index contributed by atoms with van der Waals surface area (Å²) in [5.74, 6) is -5.30. The van der Waals surface area contributed by atoms with Crippen LogP contribution in [0.15, 0.2) is 0 Å². The van der Waals surface area contributed by atoms with E-state index >= 15 is 0 Å². The molecule has 13 heteroatoms.